The summed E-state index contributed by atoms with van der Waals surface area (Å²) in [6, 6.07) is 6.61. The largest absolute Gasteiger partial charge is 0.398 e. The van der Waals surface area contributed by atoms with Gasteiger partial charge in [0.1, 0.15) is 11.6 Å². The maximum Gasteiger partial charge on any atom is 0.138 e. The third-order valence-electron chi connectivity index (χ3n) is 2.03. The fraction of sp³-hybridized carbons (Fsp3) is 0. The molecule has 0 saturated heterocycles. The van der Waals surface area contributed by atoms with Gasteiger partial charge >= 0.3 is 0 Å². The standard InChI is InChI=1S/C6H4ClFIN.C6H5ClFN/c7-5-4(10)2-1-3(8)6(5)9;7-5-3-4(8)1-2-6(5)9/h1-2H,10H2;1-3H,9H2. The summed E-state index contributed by atoms with van der Waals surface area (Å²) in [6.45, 7) is 0. The van der Waals surface area contributed by atoms with E-state index in [1.54, 1.807) is 0 Å². The Kier molecular flexibility index (Phi) is 6.09. The molecule has 2 aromatic carbocycles. The van der Waals surface area contributed by atoms with Crippen molar-refractivity contribution < 1.29 is 8.78 Å². The van der Waals surface area contributed by atoms with E-state index in [2.05, 4.69) is 0 Å². The number of nitrogens with two attached hydrogens (primary N) is 2. The van der Waals surface area contributed by atoms with E-state index in [1.807, 2.05) is 22.6 Å². The molecule has 0 aliphatic carbocycles. The van der Waals surface area contributed by atoms with Gasteiger partial charge in [0.15, 0.2) is 0 Å². The van der Waals surface area contributed by atoms with Gasteiger partial charge in [-0.15, -0.1) is 0 Å². The molecule has 0 heterocycles. The Morgan fingerprint density at radius 3 is 2.00 bits per heavy atom. The highest BCUT2D eigenvalue weighted by atomic mass is 127. The minimum atomic E-state index is -0.366. The topological polar surface area (TPSA) is 52.0 Å². The van der Waals surface area contributed by atoms with Crippen molar-refractivity contribution in [1.29, 1.82) is 0 Å². The minimum absolute atomic E-state index is 0.259. The zero-order chi connectivity index (χ0) is 14.6. The first kappa shape index (κ1) is 16.3. The molecular weight excluding hydrogens is 408 g/mol. The second kappa shape index (κ2) is 7.12. The fourth-order valence-corrected chi connectivity index (χ4v) is 1.85. The summed E-state index contributed by atoms with van der Waals surface area (Å²) >= 11 is 12.9. The second-order valence-corrected chi connectivity index (χ2v) is 5.29. The maximum absolute atomic E-state index is 12.6. The van der Waals surface area contributed by atoms with Crippen LogP contribution in [0.2, 0.25) is 10.0 Å². The van der Waals surface area contributed by atoms with Crippen molar-refractivity contribution in [1.82, 2.24) is 0 Å². The van der Waals surface area contributed by atoms with E-state index < -0.39 is 0 Å². The number of halogens is 5. The number of hydrogen-bond acceptors (Lipinski definition) is 2. The number of benzene rings is 2. The Labute approximate surface area is 132 Å². The lowest BCUT2D eigenvalue weighted by Gasteiger charge is -1.99. The Bertz CT molecular complexity index is 567. The number of rotatable bonds is 0. The molecule has 7 heteroatoms. The molecule has 19 heavy (non-hydrogen) atoms. The van der Waals surface area contributed by atoms with Gasteiger partial charge < -0.3 is 11.5 Å². The van der Waals surface area contributed by atoms with Crippen LogP contribution < -0.4 is 11.5 Å². The summed E-state index contributed by atoms with van der Waals surface area (Å²) in [5.41, 5.74) is 11.5. The van der Waals surface area contributed by atoms with E-state index in [0.29, 0.717) is 20.0 Å². The first-order chi connectivity index (χ1) is 8.82. The molecule has 102 valence electrons. The molecule has 0 spiro atoms. The van der Waals surface area contributed by atoms with Crippen molar-refractivity contribution in [2.75, 3.05) is 11.5 Å². The summed E-state index contributed by atoms with van der Waals surface area (Å²) in [5, 5.41) is 0.551. The predicted octanol–water partition coefficient (Wildman–Crippen LogP) is 4.73. The number of anilines is 2. The molecule has 0 radical (unpaired) electrons. The van der Waals surface area contributed by atoms with Crippen LogP contribution in [0.3, 0.4) is 0 Å². The molecule has 0 saturated carbocycles. The molecule has 2 rings (SSSR count). The smallest absolute Gasteiger partial charge is 0.138 e. The van der Waals surface area contributed by atoms with Gasteiger partial charge in [0.25, 0.3) is 0 Å². The zero-order valence-corrected chi connectivity index (χ0v) is 13.1. The van der Waals surface area contributed by atoms with Gasteiger partial charge in [-0.25, -0.2) is 8.78 Å². The molecule has 0 bridgehead atoms. The van der Waals surface area contributed by atoms with E-state index in [-0.39, 0.29) is 16.7 Å². The Hall–Kier alpha value is -0.790. The summed E-state index contributed by atoms with van der Waals surface area (Å²) < 4.78 is 25.2. The fourth-order valence-electron chi connectivity index (χ4n) is 1.04. The molecule has 2 aromatic rings. The van der Waals surface area contributed by atoms with Crippen LogP contribution in [0.1, 0.15) is 0 Å². The van der Waals surface area contributed by atoms with Crippen molar-refractivity contribution >= 4 is 57.2 Å². The SMILES string of the molecule is Nc1ccc(F)c(I)c1Cl.Nc1ccc(F)cc1Cl. The van der Waals surface area contributed by atoms with Crippen LogP contribution >= 0.6 is 45.8 Å². The minimum Gasteiger partial charge on any atom is -0.398 e. The molecule has 0 aliphatic heterocycles. The average molecular weight is 417 g/mol. The third kappa shape index (κ3) is 4.67. The van der Waals surface area contributed by atoms with Crippen LogP contribution in [-0.2, 0) is 0 Å². The predicted molar refractivity (Wildman–Crippen MR) is 84.4 cm³/mol. The van der Waals surface area contributed by atoms with E-state index >= 15 is 0 Å². The highest BCUT2D eigenvalue weighted by Crippen LogP contribution is 2.26. The van der Waals surface area contributed by atoms with Gasteiger partial charge in [-0.05, 0) is 52.9 Å². The van der Waals surface area contributed by atoms with E-state index in [0.717, 1.165) is 0 Å². The van der Waals surface area contributed by atoms with Crippen LogP contribution in [0.4, 0.5) is 20.2 Å². The Balaban J connectivity index is 0.000000191. The highest BCUT2D eigenvalue weighted by Gasteiger charge is 2.05. The molecule has 0 atom stereocenters. The van der Waals surface area contributed by atoms with E-state index in [1.165, 1.54) is 30.3 Å². The number of nitrogen functional groups attached to an aromatic ring is 2. The van der Waals surface area contributed by atoms with Gasteiger partial charge in [0, 0.05) is 0 Å². The monoisotopic (exact) mass is 416 g/mol. The Morgan fingerprint density at radius 2 is 1.53 bits per heavy atom. The van der Waals surface area contributed by atoms with Crippen molar-refractivity contribution in [3.05, 3.63) is 55.6 Å². The molecule has 0 aliphatic rings. The second-order valence-electron chi connectivity index (χ2n) is 3.43. The van der Waals surface area contributed by atoms with Gasteiger partial charge in [0.2, 0.25) is 0 Å². The molecule has 0 unspecified atom stereocenters. The lowest BCUT2D eigenvalue weighted by atomic mass is 10.3. The van der Waals surface area contributed by atoms with Gasteiger partial charge in [-0.1, -0.05) is 23.2 Å². The summed E-state index contributed by atoms with van der Waals surface area (Å²) in [6.07, 6.45) is 0. The van der Waals surface area contributed by atoms with E-state index in [4.69, 9.17) is 34.7 Å². The summed E-state index contributed by atoms with van der Waals surface area (Å²) in [4.78, 5) is 0. The quantitative estimate of drug-likeness (QED) is 0.370. The highest BCUT2D eigenvalue weighted by molar-refractivity contribution is 14.1. The zero-order valence-electron chi connectivity index (χ0n) is 9.43. The van der Waals surface area contributed by atoms with Gasteiger partial charge in [-0.2, -0.15) is 0 Å². The lowest BCUT2D eigenvalue weighted by molar-refractivity contribution is 0.620. The van der Waals surface area contributed by atoms with Crippen LogP contribution in [0.25, 0.3) is 0 Å². The van der Waals surface area contributed by atoms with E-state index in [9.17, 15) is 8.78 Å². The maximum atomic E-state index is 12.6. The van der Waals surface area contributed by atoms with Crippen molar-refractivity contribution in [3.63, 3.8) is 0 Å². The van der Waals surface area contributed by atoms with Gasteiger partial charge in [-0.3, -0.25) is 0 Å². The van der Waals surface area contributed by atoms with Crippen LogP contribution in [0.5, 0.6) is 0 Å². The normalized spacial score (nSPS) is 9.74. The first-order valence-electron chi connectivity index (χ1n) is 4.92. The molecular formula is C12H9Cl2F2IN2. The molecule has 0 fully saturated rings. The van der Waals surface area contributed by atoms with Crippen LogP contribution in [-0.4, -0.2) is 0 Å². The molecule has 0 aromatic heterocycles. The Morgan fingerprint density at radius 1 is 0.947 bits per heavy atom. The van der Waals surface area contributed by atoms with Crippen molar-refractivity contribution in [3.8, 4) is 0 Å². The van der Waals surface area contributed by atoms with Gasteiger partial charge in [0.05, 0.1) is 25.0 Å². The van der Waals surface area contributed by atoms with Crippen molar-refractivity contribution in [2.24, 2.45) is 0 Å². The van der Waals surface area contributed by atoms with Crippen molar-refractivity contribution in [2.45, 2.75) is 0 Å². The third-order valence-corrected chi connectivity index (χ3v) is 4.14. The molecule has 0 amide bonds. The lowest BCUT2D eigenvalue weighted by Crippen LogP contribution is -1.90. The molecule has 2 nitrogen and oxygen atoms in total. The average Bonchev–Trinajstić information content (AvgIpc) is 2.37. The van der Waals surface area contributed by atoms with Crippen LogP contribution in [0.15, 0.2) is 30.3 Å². The van der Waals surface area contributed by atoms with Crippen LogP contribution in [0, 0.1) is 15.2 Å². The molecule has 4 N–H and O–H groups in total. The summed E-state index contributed by atoms with van der Waals surface area (Å²) in [7, 11) is 0. The number of hydrogen-bond donors (Lipinski definition) is 2. The summed E-state index contributed by atoms with van der Waals surface area (Å²) in [5.74, 6) is -0.700. The first-order valence-corrected chi connectivity index (χ1v) is 6.76.